The predicted octanol–water partition coefficient (Wildman–Crippen LogP) is 3.83. The second-order valence-corrected chi connectivity index (χ2v) is 9.14. The Morgan fingerprint density at radius 3 is 2.73 bits per heavy atom. The number of amides is 1. The molecule has 33 heavy (non-hydrogen) atoms. The lowest BCUT2D eigenvalue weighted by Gasteiger charge is -2.23. The molecule has 0 atom stereocenters. The second kappa shape index (κ2) is 11.0. The number of aromatic nitrogens is 1. The van der Waals surface area contributed by atoms with Gasteiger partial charge in [0.2, 0.25) is 0 Å². The van der Waals surface area contributed by atoms with Crippen molar-refractivity contribution in [1.29, 1.82) is 0 Å². The largest absolute Gasteiger partial charge is 0.484 e. The number of aliphatic hydroxyl groups excluding tert-OH is 1. The highest BCUT2D eigenvalue weighted by Crippen LogP contribution is 2.26. The van der Waals surface area contributed by atoms with E-state index in [1.807, 2.05) is 42.5 Å². The zero-order chi connectivity index (χ0) is 23.2. The summed E-state index contributed by atoms with van der Waals surface area (Å²) in [7, 11) is 0. The summed E-state index contributed by atoms with van der Waals surface area (Å²) in [6.07, 6.45) is 1.05. The fourth-order valence-electron chi connectivity index (χ4n) is 4.06. The van der Waals surface area contributed by atoms with Crippen molar-refractivity contribution in [2.24, 2.45) is 0 Å². The fourth-order valence-corrected chi connectivity index (χ4v) is 4.32. The maximum atomic E-state index is 12.4. The highest BCUT2D eigenvalue weighted by molar-refractivity contribution is 9.10. The van der Waals surface area contributed by atoms with Crippen molar-refractivity contribution in [3.05, 3.63) is 58.6 Å². The van der Waals surface area contributed by atoms with E-state index in [1.54, 1.807) is 0 Å². The van der Waals surface area contributed by atoms with E-state index in [9.17, 15) is 9.90 Å². The van der Waals surface area contributed by atoms with Crippen LogP contribution in [0.3, 0.4) is 0 Å². The first kappa shape index (κ1) is 23.5. The van der Waals surface area contributed by atoms with Crippen LogP contribution in [-0.2, 0) is 4.79 Å². The van der Waals surface area contributed by atoms with Crippen molar-refractivity contribution in [2.75, 3.05) is 56.2 Å². The van der Waals surface area contributed by atoms with Gasteiger partial charge in [0.25, 0.3) is 5.91 Å². The third-order valence-electron chi connectivity index (χ3n) is 5.80. The molecule has 0 unspecified atom stereocenters. The number of β-amino-alcohol motifs (C(OH)–C–C–N with tert-alkyl or cyclic N) is 1. The molecule has 174 valence electrons. The first-order valence-corrected chi connectivity index (χ1v) is 12.0. The monoisotopic (exact) mass is 512 g/mol. The Kier molecular flexibility index (Phi) is 7.80. The molecule has 1 aromatic heterocycles. The van der Waals surface area contributed by atoms with E-state index < -0.39 is 0 Å². The van der Waals surface area contributed by atoms with Gasteiger partial charge in [-0.05, 0) is 74.0 Å². The molecular formula is C25H29BrN4O3. The number of fused-ring (bicyclic) bond motifs is 1. The van der Waals surface area contributed by atoms with Crippen molar-refractivity contribution in [3.8, 4) is 5.75 Å². The van der Waals surface area contributed by atoms with E-state index in [1.165, 1.54) is 0 Å². The zero-order valence-corrected chi connectivity index (χ0v) is 20.3. The summed E-state index contributed by atoms with van der Waals surface area (Å²) in [5.74, 6) is 1.41. The number of nitrogens with one attached hydrogen (secondary N) is 1. The Morgan fingerprint density at radius 2 is 1.94 bits per heavy atom. The Hall–Kier alpha value is -2.68. The first-order chi connectivity index (χ1) is 16.0. The van der Waals surface area contributed by atoms with Crippen LogP contribution in [0.2, 0.25) is 0 Å². The van der Waals surface area contributed by atoms with E-state index in [-0.39, 0.29) is 19.1 Å². The average molecular weight is 513 g/mol. The smallest absolute Gasteiger partial charge is 0.262 e. The molecule has 2 N–H and O–H groups in total. The predicted molar refractivity (Wildman–Crippen MR) is 135 cm³/mol. The van der Waals surface area contributed by atoms with Crippen molar-refractivity contribution in [1.82, 2.24) is 9.88 Å². The molecular weight excluding hydrogens is 484 g/mol. The first-order valence-electron chi connectivity index (χ1n) is 11.2. The minimum atomic E-state index is -0.212. The molecule has 0 bridgehead atoms. The van der Waals surface area contributed by atoms with E-state index in [0.29, 0.717) is 5.75 Å². The molecule has 0 spiro atoms. The number of halogens is 1. The van der Waals surface area contributed by atoms with Gasteiger partial charge in [-0.3, -0.25) is 9.69 Å². The van der Waals surface area contributed by atoms with Crippen molar-refractivity contribution in [3.63, 3.8) is 0 Å². The number of ether oxygens (including phenoxy) is 1. The zero-order valence-electron chi connectivity index (χ0n) is 18.8. The molecule has 1 aliphatic heterocycles. The van der Waals surface area contributed by atoms with Gasteiger partial charge >= 0.3 is 0 Å². The number of rotatable bonds is 7. The quantitative estimate of drug-likeness (QED) is 0.500. The lowest BCUT2D eigenvalue weighted by Crippen LogP contribution is -2.32. The molecule has 2 heterocycles. The standard InChI is InChI=1S/C25H29BrN4O3/c1-18-15-24(30-10-2-9-29(11-12-30)13-14-31)28-23-8-5-20(16-22(18)23)27-25(32)17-33-21-6-3-19(26)4-7-21/h3-8,15-16,31H,2,9-14,17H2,1H3,(H,27,32). The minimum Gasteiger partial charge on any atom is -0.484 e. The number of anilines is 2. The van der Waals surface area contributed by atoms with Gasteiger partial charge in [0, 0.05) is 41.7 Å². The molecule has 0 aliphatic carbocycles. The van der Waals surface area contributed by atoms with E-state index in [4.69, 9.17) is 9.72 Å². The van der Waals surface area contributed by atoms with Crippen LogP contribution in [0.4, 0.5) is 11.5 Å². The second-order valence-electron chi connectivity index (χ2n) is 8.23. The van der Waals surface area contributed by atoms with E-state index >= 15 is 0 Å². The molecule has 4 rings (SSSR count). The van der Waals surface area contributed by atoms with Crippen LogP contribution < -0.4 is 15.0 Å². The Morgan fingerprint density at radius 1 is 1.12 bits per heavy atom. The topological polar surface area (TPSA) is 77.9 Å². The maximum Gasteiger partial charge on any atom is 0.262 e. The number of carbonyl (C=O) groups excluding carboxylic acids is 1. The summed E-state index contributed by atoms with van der Waals surface area (Å²) in [4.78, 5) is 21.9. The Balaban J connectivity index is 1.42. The molecule has 8 heteroatoms. The van der Waals surface area contributed by atoms with Crippen LogP contribution in [0.25, 0.3) is 10.9 Å². The SMILES string of the molecule is Cc1cc(N2CCCN(CCO)CC2)nc2ccc(NC(=O)COc3ccc(Br)cc3)cc12. The van der Waals surface area contributed by atoms with Gasteiger partial charge in [0.05, 0.1) is 12.1 Å². The molecule has 7 nitrogen and oxygen atoms in total. The normalized spacial score (nSPS) is 14.8. The average Bonchev–Trinajstić information content (AvgIpc) is 3.05. The summed E-state index contributed by atoms with van der Waals surface area (Å²) >= 11 is 3.38. The number of aliphatic hydroxyl groups is 1. The summed E-state index contributed by atoms with van der Waals surface area (Å²) in [5.41, 5.74) is 2.75. The summed E-state index contributed by atoms with van der Waals surface area (Å²) < 4.78 is 6.51. The van der Waals surface area contributed by atoms with Crippen LogP contribution in [0, 0.1) is 6.92 Å². The Bertz CT molecular complexity index is 1110. The lowest BCUT2D eigenvalue weighted by molar-refractivity contribution is -0.118. The molecule has 0 saturated carbocycles. The van der Waals surface area contributed by atoms with Gasteiger partial charge in [-0.2, -0.15) is 0 Å². The number of hydrogen-bond acceptors (Lipinski definition) is 6. The van der Waals surface area contributed by atoms with Crippen LogP contribution in [-0.4, -0.2) is 66.8 Å². The van der Waals surface area contributed by atoms with Crippen LogP contribution in [0.1, 0.15) is 12.0 Å². The molecule has 1 amide bonds. The summed E-state index contributed by atoms with van der Waals surface area (Å²) in [5, 5.41) is 13.1. The number of pyridine rings is 1. The van der Waals surface area contributed by atoms with Crippen molar-refractivity contribution >= 4 is 44.2 Å². The van der Waals surface area contributed by atoms with Gasteiger partial charge in [0.15, 0.2) is 6.61 Å². The lowest BCUT2D eigenvalue weighted by atomic mass is 10.1. The number of carbonyl (C=O) groups is 1. The van der Waals surface area contributed by atoms with Gasteiger partial charge in [-0.25, -0.2) is 4.98 Å². The summed E-state index contributed by atoms with van der Waals surface area (Å²) in [6.45, 7) is 6.70. The molecule has 3 aromatic rings. The fraction of sp³-hybridized carbons (Fsp3) is 0.360. The number of nitrogens with zero attached hydrogens (tertiary/aromatic N) is 3. The number of hydrogen-bond donors (Lipinski definition) is 2. The highest BCUT2D eigenvalue weighted by Gasteiger charge is 2.17. The van der Waals surface area contributed by atoms with Crippen LogP contribution >= 0.6 is 15.9 Å². The molecule has 1 saturated heterocycles. The summed E-state index contributed by atoms with van der Waals surface area (Å²) in [6, 6.07) is 15.3. The molecule has 0 radical (unpaired) electrons. The Labute approximate surface area is 202 Å². The van der Waals surface area contributed by atoms with Gasteiger partial charge < -0.3 is 20.1 Å². The van der Waals surface area contributed by atoms with Gasteiger partial charge in [-0.15, -0.1) is 0 Å². The van der Waals surface area contributed by atoms with Gasteiger partial charge in [-0.1, -0.05) is 15.9 Å². The number of aryl methyl sites for hydroxylation is 1. The third-order valence-corrected chi connectivity index (χ3v) is 6.33. The van der Waals surface area contributed by atoms with E-state index in [2.05, 4.69) is 44.0 Å². The third kappa shape index (κ3) is 6.22. The molecule has 2 aromatic carbocycles. The highest BCUT2D eigenvalue weighted by atomic mass is 79.9. The van der Waals surface area contributed by atoms with Crippen molar-refractivity contribution < 1.29 is 14.6 Å². The maximum absolute atomic E-state index is 12.4. The number of benzene rings is 2. The van der Waals surface area contributed by atoms with Gasteiger partial charge in [0.1, 0.15) is 11.6 Å². The van der Waals surface area contributed by atoms with Crippen molar-refractivity contribution in [2.45, 2.75) is 13.3 Å². The molecule has 1 fully saturated rings. The van der Waals surface area contributed by atoms with Crippen LogP contribution in [0.15, 0.2) is 53.0 Å². The van der Waals surface area contributed by atoms with E-state index in [0.717, 1.165) is 71.6 Å². The van der Waals surface area contributed by atoms with Crippen LogP contribution in [0.5, 0.6) is 5.75 Å². The minimum absolute atomic E-state index is 0.0574. The molecule has 1 aliphatic rings.